The van der Waals surface area contributed by atoms with E-state index >= 15 is 0 Å². The zero-order valence-electron chi connectivity index (χ0n) is 10.4. The van der Waals surface area contributed by atoms with E-state index < -0.39 is 0 Å². The number of anilines is 1. The van der Waals surface area contributed by atoms with Gasteiger partial charge in [0.2, 0.25) is 0 Å². The number of imidazole rings is 1. The molecule has 2 aromatic heterocycles. The lowest BCUT2D eigenvalue weighted by Crippen LogP contribution is -2.13. The Kier molecular flexibility index (Phi) is 3.20. The van der Waals surface area contributed by atoms with Crippen molar-refractivity contribution in [3.05, 3.63) is 61.2 Å². The molecule has 3 rings (SSSR count). The maximum absolute atomic E-state index is 11.8. The van der Waals surface area contributed by atoms with E-state index in [4.69, 9.17) is 0 Å². The molecule has 0 atom stereocenters. The first-order chi connectivity index (χ1) is 9.83. The van der Waals surface area contributed by atoms with Gasteiger partial charge in [-0.25, -0.2) is 15.0 Å². The molecule has 0 radical (unpaired) electrons. The minimum absolute atomic E-state index is 0.272. The number of aromatic nitrogens is 4. The van der Waals surface area contributed by atoms with Crippen LogP contribution in [0.3, 0.4) is 0 Å². The molecule has 6 nitrogen and oxygen atoms in total. The summed E-state index contributed by atoms with van der Waals surface area (Å²) in [5, 5.41) is 2.76. The first-order valence-corrected chi connectivity index (χ1v) is 5.99. The standard InChI is InChI=1S/C14H11N5O/c20-14(13-17-5-6-18-13)19-12-3-1-10(2-4-12)11-7-15-9-16-8-11/h1-9H,(H,17,18)(H,19,20). The number of nitrogens with zero attached hydrogens (tertiary/aromatic N) is 3. The minimum Gasteiger partial charge on any atom is -0.341 e. The van der Waals surface area contributed by atoms with Gasteiger partial charge in [-0.1, -0.05) is 12.1 Å². The quantitative estimate of drug-likeness (QED) is 0.759. The second kappa shape index (κ2) is 5.31. The van der Waals surface area contributed by atoms with Crippen LogP contribution in [-0.2, 0) is 0 Å². The molecule has 0 bridgehead atoms. The van der Waals surface area contributed by atoms with Crippen molar-refractivity contribution in [2.75, 3.05) is 5.32 Å². The van der Waals surface area contributed by atoms with Crippen molar-refractivity contribution < 1.29 is 4.79 Å². The Bertz CT molecular complexity index is 692. The van der Waals surface area contributed by atoms with Crippen LogP contribution in [0.5, 0.6) is 0 Å². The van der Waals surface area contributed by atoms with Gasteiger partial charge < -0.3 is 10.3 Å². The lowest BCUT2D eigenvalue weighted by atomic mass is 10.1. The van der Waals surface area contributed by atoms with E-state index in [1.807, 2.05) is 24.3 Å². The number of nitrogens with one attached hydrogen (secondary N) is 2. The Morgan fingerprint density at radius 3 is 2.45 bits per heavy atom. The van der Waals surface area contributed by atoms with E-state index in [-0.39, 0.29) is 11.7 Å². The van der Waals surface area contributed by atoms with Crippen molar-refractivity contribution in [1.29, 1.82) is 0 Å². The van der Waals surface area contributed by atoms with Crippen LogP contribution in [0, 0.1) is 0 Å². The smallest absolute Gasteiger partial charge is 0.291 e. The third kappa shape index (κ3) is 2.54. The molecule has 0 aliphatic heterocycles. The van der Waals surface area contributed by atoms with Gasteiger partial charge in [0, 0.05) is 36.0 Å². The highest BCUT2D eigenvalue weighted by atomic mass is 16.2. The molecule has 20 heavy (non-hydrogen) atoms. The van der Waals surface area contributed by atoms with E-state index in [1.54, 1.807) is 18.6 Å². The van der Waals surface area contributed by atoms with Crippen molar-refractivity contribution >= 4 is 11.6 Å². The van der Waals surface area contributed by atoms with E-state index in [2.05, 4.69) is 25.3 Å². The van der Waals surface area contributed by atoms with Gasteiger partial charge in [0.25, 0.3) is 5.91 Å². The zero-order valence-corrected chi connectivity index (χ0v) is 10.4. The SMILES string of the molecule is O=C(Nc1ccc(-c2cncnc2)cc1)c1ncc[nH]1. The van der Waals surface area contributed by atoms with Crippen molar-refractivity contribution in [3.63, 3.8) is 0 Å². The van der Waals surface area contributed by atoms with Crippen molar-refractivity contribution in [1.82, 2.24) is 19.9 Å². The lowest BCUT2D eigenvalue weighted by Gasteiger charge is -2.05. The number of H-pyrrole nitrogens is 1. The number of benzene rings is 1. The highest BCUT2D eigenvalue weighted by molar-refractivity contribution is 6.01. The first kappa shape index (κ1) is 12.0. The summed E-state index contributed by atoms with van der Waals surface area (Å²) < 4.78 is 0. The maximum atomic E-state index is 11.8. The molecule has 0 aliphatic carbocycles. The van der Waals surface area contributed by atoms with Gasteiger partial charge in [0.15, 0.2) is 5.82 Å². The Morgan fingerprint density at radius 1 is 1.05 bits per heavy atom. The molecule has 0 unspecified atom stereocenters. The van der Waals surface area contributed by atoms with Gasteiger partial charge in [0.05, 0.1) is 0 Å². The van der Waals surface area contributed by atoms with Crippen LogP contribution in [-0.4, -0.2) is 25.8 Å². The average Bonchev–Trinajstić information content (AvgIpc) is 3.03. The topological polar surface area (TPSA) is 83.6 Å². The zero-order chi connectivity index (χ0) is 13.8. The molecule has 1 amide bonds. The molecular weight excluding hydrogens is 254 g/mol. The molecule has 2 heterocycles. The average molecular weight is 265 g/mol. The van der Waals surface area contributed by atoms with Crippen LogP contribution in [0.2, 0.25) is 0 Å². The van der Waals surface area contributed by atoms with Crippen LogP contribution < -0.4 is 5.32 Å². The summed E-state index contributed by atoms with van der Waals surface area (Å²) >= 11 is 0. The van der Waals surface area contributed by atoms with Gasteiger partial charge in [-0.3, -0.25) is 4.79 Å². The highest BCUT2D eigenvalue weighted by Crippen LogP contribution is 2.19. The minimum atomic E-state index is -0.272. The number of aromatic amines is 1. The first-order valence-electron chi connectivity index (χ1n) is 5.99. The fourth-order valence-corrected chi connectivity index (χ4v) is 1.77. The van der Waals surface area contributed by atoms with Crippen LogP contribution in [0.15, 0.2) is 55.4 Å². The largest absolute Gasteiger partial charge is 0.341 e. The molecule has 0 saturated heterocycles. The van der Waals surface area contributed by atoms with E-state index in [0.29, 0.717) is 5.69 Å². The molecular formula is C14H11N5O. The number of amides is 1. The Hall–Kier alpha value is -3.02. The third-order valence-corrected chi connectivity index (χ3v) is 2.75. The van der Waals surface area contributed by atoms with E-state index in [9.17, 15) is 4.79 Å². The molecule has 0 fully saturated rings. The van der Waals surface area contributed by atoms with E-state index in [1.165, 1.54) is 12.5 Å². The Labute approximate surface area is 114 Å². The van der Waals surface area contributed by atoms with Gasteiger partial charge in [-0.05, 0) is 17.7 Å². The molecule has 6 heteroatoms. The van der Waals surface area contributed by atoms with Gasteiger partial charge in [-0.15, -0.1) is 0 Å². The lowest BCUT2D eigenvalue weighted by molar-refractivity contribution is 0.101. The summed E-state index contributed by atoms with van der Waals surface area (Å²) in [4.78, 5) is 26.4. The molecule has 1 aromatic carbocycles. The third-order valence-electron chi connectivity index (χ3n) is 2.75. The monoisotopic (exact) mass is 265 g/mol. The number of carbonyl (C=O) groups excluding carboxylic acids is 1. The summed E-state index contributed by atoms with van der Waals surface area (Å²) in [6.07, 6.45) is 8.11. The van der Waals surface area contributed by atoms with Gasteiger partial charge >= 0.3 is 0 Å². The second-order valence-corrected chi connectivity index (χ2v) is 4.10. The molecule has 0 saturated carbocycles. The van der Waals surface area contributed by atoms with Crippen LogP contribution >= 0.6 is 0 Å². The van der Waals surface area contributed by atoms with Crippen LogP contribution in [0.1, 0.15) is 10.6 Å². The summed E-state index contributed by atoms with van der Waals surface area (Å²) in [6.45, 7) is 0. The second-order valence-electron chi connectivity index (χ2n) is 4.10. The van der Waals surface area contributed by atoms with E-state index in [0.717, 1.165) is 11.1 Å². The molecule has 3 aromatic rings. The fraction of sp³-hybridized carbons (Fsp3) is 0. The normalized spacial score (nSPS) is 10.2. The molecule has 98 valence electrons. The number of carbonyl (C=O) groups is 1. The van der Waals surface area contributed by atoms with Crippen molar-refractivity contribution in [2.24, 2.45) is 0 Å². The Morgan fingerprint density at radius 2 is 1.80 bits per heavy atom. The highest BCUT2D eigenvalue weighted by Gasteiger charge is 2.07. The fourth-order valence-electron chi connectivity index (χ4n) is 1.77. The van der Waals surface area contributed by atoms with Crippen LogP contribution in [0.4, 0.5) is 5.69 Å². The summed E-state index contributed by atoms with van der Waals surface area (Å²) in [7, 11) is 0. The predicted molar refractivity (Wildman–Crippen MR) is 74.0 cm³/mol. The Balaban J connectivity index is 1.75. The van der Waals surface area contributed by atoms with Crippen molar-refractivity contribution in [3.8, 4) is 11.1 Å². The number of hydrogen-bond donors (Lipinski definition) is 2. The number of rotatable bonds is 3. The van der Waals surface area contributed by atoms with Crippen molar-refractivity contribution in [2.45, 2.75) is 0 Å². The summed E-state index contributed by atoms with van der Waals surface area (Å²) in [5.41, 5.74) is 2.62. The molecule has 2 N–H and O–H groups in total. The maximum Gasteiger partial charge on any atom is 0.291 e. The van der Waals surface area contributed by atoms with Gasteiger partial charge in [0.1, 0.15) is 6.33 Å². The summed E-state index contributed by atoms with van der Waals surface area (Å²) in [6, 6.07) is 7.44. The predicted octanol–water partition coefficient (Wildman–Crippen LogP) is 2.12. The number of hydrogen-bond acceptors (Lipinski definition) is 4. The summed E-state index contributed by atoms with van der Waals surface area (Å²) in [5.74, 6) is 0.0105. The molecule has 0 aliphatic rings. The van der Waals surface area contributed by atoms with Crippen LogP contribution in [0.25, 0.3) is 11.1 Å². The molecule has 0 spiro atoms. The van der Waals surface area contributed by atoms with Gasteiger partial charge in [-0.2, -0.15) is 0 Å².